The Morgan fingerprint density at radius 1 is 1.09 bits per heavy atom. The molecule has 7 nitrogen and oxygen atoms in total. The van der Waals surface area contributed by atoms with Crippen LogP contribution < -0.4 is 10.6 Å². The Kier molecular flexibility index (Phi) is 6.65. The molecule has 2 aromatic heterocycles. The number of nitrogens with one attached hydrogen (secondary N) is 3. The first-order valence-electron chi connectivity index (χ1n) is 10.3. The number of halogens is 2. The fourth-order valence-electron chi connectivity index (χ4n) is 3.42. The third-order valence-corrected chi connectivity index (χ3v) is 5.18. The molecule has 0 radical (unpaired) electrons. The van der Waals surface area contributed by atoms with Gasteiger partial charge in [-0.05, 0) is 74.4 Å². The minimum absolute atomic E-state index is 0.214. The van der Waals surface area contributed by atoms with E-state index < -0.39 is 0 Å². The van der Waals surface area contributed by atoms with Gasteiger partial charge in [0.2, 0.25) is 11.9 Å². The van der Waals surface area contributed by atoms with Crippen molar-refractivity contribution < 1.29 is 9.18 Å². The summed E-state index contributed by atoms with van der Waals surface area (Å²) in [6.07, 6.45) is 2.38. The zero-order valence-electron chi connectivity index (χ0n) is 18.1. The van der Waals surface area contributed by atoms with Crippen molar-refractivity contribution in [3.8, 4) is 0 Å². The number of guanidine groups is 1. The third kappa shape index (κ3) is 5.72. The summed E-state index contributed by atoms with van der Waals surface area (Å²) < 4.78 is 13.7. The third-order valence-electron chi connectivity index (χ3n) is 4.93. The van der Waals surface area contributed by atoms with Crippen LogP contribution in [0.5, 0.6) is 0 Å². The van der Waals surface area contributed by atoms with E-state index in [2.05, 4.69) is 30.6 Å². The average Bonchev–Trinajstić information content (AvgIpc) is 3.15. The van der Waals surface area contributed by atoms with Gasteiger partial charge in [0.1, 0.15) is 5.82 Å². The number of carbonyl (C=O) groups excluding carboxylic acids is 1. The van der Waals surface area contributed by atoms with Gasteiger partial charge in [-0.1, -0.05) is 11.6 Å². The molecule has 0 aliphatic rings. The van der Waals surface area contributed by atoms with E-state index in [1.165, 1.54) is 12.1 Å². The lowest BCUT2D eigenvalue weighted by atomic mass is 10.1. The Morgan fingerprint density at radius 2 is 1.82 bits per heavy atom. The monoisotopic (exact) mass is 464 g/mol. The highest BCUT2D eigenvalue weighted by atomic mass is 35.5. The normalized spacial score (nSPS) is 11.6. The molecule has 0 bridgehead atoms. The summed E-state index contributed by atoms with van der Waals surface area (Å²) in [4.78, 5) is 29.1. The first-order valence-corrected chi connectivity index (χ1v) is 10.7. The average molecular weight is 465 g/mol. The fraction of sp³-hybridized carbons (Fsp3) is 0.167. The molecule has 2 aromatic carbocycles. The van der Waals surface area contributed by atoms with E-state index in [0.29, 0.717) is 29.5 Å². The van der Waals surface area contributed by atoms with Crippen LogP contribution in [0, 0.1) is 19.7 Å². The second-order valence-electron chi connectivity index (χ2n) is 7.54. The SMILES string of the molecule is Cc1cc(C)nc(NC(=NCCc2c[nH]c3ccc(F)cc23)NC(=O)c2ccc(Cl)cc2)n1. The molecule has 9 heteroatoms. The van der Waals surface area contributed by atoms with Gasteiger partial charge in [-0.3, -0.25) is 20.4 Å². The predicted molar refractivity (Wildman–Crippen MR) is 128 cm³/mol. The second-order valence-corrected chi connectivity index (χ2v) is 7.98. The number of benzene rings is 2. The molecule has 0 unspecified atom stereocenters. The summed E-state index contributed by atoms with van der Waals surface area (Å²) >= 11 is 5.92. The molecule has 168 valence electrons. The van der Waals surface area contributed by atoms with Crippen LogP contribution in [0.3, 0.4) is 0 Å². The van der Waals surface area contributed by atoms with E-state index in [-0.39, 0.29) is 17.7 Å². The zero-order chi connectivity index (χ0) is 23.4. The number of aromatic amines is 1. The molecule has 0 saturated heterocycles. The van der Waals surface area contributed by atoms with Crippen LogP contribution in [0.15, 0.2) is 59.7 Å². The van der Waals surface area contributed by atoms with E-state index in [0.717, 1.165) is 27.9 Å². The van der Waals surface area contributed by atoms with Gasteiger partial charge in [-0.25, -0.2) is 14.4 Å². The van der Waals surface area contributed by atoms with Gasteiger partial charge in [-0.2, -0.15) is 0 Å². The van der Waals surface area contributed by atoms with Crippen molar-refractivity contribution in [2.75, 3.05) is 11.9 Å². The van der Waals surface area contributed by atoms with Crippen LogP contribution in [0.4, 0.5) is 10.3 Å². The predicted octanol–water partition coefficient (Wildman–Crippen LogP) is 4.81. The van der Waals surface area contributed by atoms with Crippen molar-refractivity contribution in [3.05, 3.63) is 88.1 Å². The molecular formula is C24H22ClFN6O. The van der Waals surface area contributed by atoms with E-state index in [1.54, 1.807) is 30.3 Å². The number of aromatic nitrogens is 3. The summed E-state index contributed by atoms with van der Waals surface area (Å²) in [5, 5.41) is 7.12. The van der Waals surface area contributed by atoms with Crippen LogP contribution in [0.1, 0.15) is 27.3 Å². The fourth-order valence-corrected chi connectivity index (χ4v) is 3.55. The Bertz CT molecular complexity index is 1310. The molecule has 3 N–H and O–H groups in total. The van der Waals surface area contributed by atoms with E-state index in [4.69, 9.17) is 11.6 Å². The van der Waals surface area contributed by atoms with E-state index >= 15 is 0 Å². The minimum Gasteiger partial charge on any atom is -0.361 e. The van der Waals surface area contributed by atoms with Crippen molar-refractivity contribution in [3.63, 3.8) is 0 Å². The lowest BCUT2D eigenvalue weighted by molar-refractivity contribution is 0.0977. The highest BCUT2D eigenvalue weighted by Crippen LogP contribution is 2.20. The van der Waals surface area contributed by atoms with Crippen LogP contribution in [0.25, 0.3) is 10.9 Å². The second kappa shape index (κ2) is 9.79. The van der Waals surface area contributed by atoms with Crippen molar-refractivity contribution in [2.45, 2.75) is 20.3 Å². The molecule has 33 heavy (non-hydrogen) atoms. The number of fused-ring (bicyclic) bond motifs is 1. The highest BCUT2D eigenvalue weighted by Gasteiger charge is 2.12. The van der Waals surface area contributed by atoms with Gasteiger partial charge in [0, 0.05) is 45.6 Å². The molecule has 4 aromatic rings. The summed E-state index contributed by atoms with van der Waals surface area (Å²) in [5.74, 6) is -0.101. The molecule has 1 amide bonds. The van der Waals surface area contributed by atoms with E-state index in [9.17, 15) is 9.18 Å². The number of carbonyl (C=O) groups is 1. The first kappa shape index (κ1) is 22.4. The number of anilines is 1. The molecule has 0 saturated carbocycles. The quantitative estimate of drug-likeness (QED) is 0.292. The lowest BCUT2D eigenvalue weighted by Crippen LogP contribution is -2.37. The molecule has 0 atom stereocenters. The van der Waals surface area contributed by atoms with Gasteiger partial charge in [0.25, 0.3) is 5.91 Å². The van der Waals surface area contributed by atoms with Crippen molar-refractivity contribution in [1.82, 2.24) is 20.3 Å². The number of aliphatic imine (C=N–C) groups is 1. The minimum atomic E-state index is -0.351. The van der Waals surface area contributed by atoms with E-state index in [1.807, 2.05) is 26.1 Å². The van der Waals surface area contributed by atoms with Gasteiger partial charge in [0.05, 0.1) is 0 Å². The largest absolute Gasteiger partial charge is 0.361 e. The molecule has 0 aliphatic carbocycles. The summed E-state index contributed by atoms with van der Waals surface area (Å²) in [7, 11) is 0. The number of rotatable bonds is 5. The Labute approximate surface area is 195 Å². The number of nitrogens with zero attached hydrogens (tertiary/aromatic N) is 3. The van der Waals surface area contributed by atoms with Gasteiger partial charge in [0.15, 0.2) is 0 Å². The maximum atomic E-state index is 13.7. The highest BCUT2D eigenvalue weighted by molar-refractivity contribution is 6.30. The van der Waals surface area contributed by atoms with Crippen LogP contribution >= 0.6 is 11.6 Å². The summed E-state index contributed by atoms with van der Waals surface area (Å²) in [6.45, 7) is 4.07. The Hall–Kier alpha value is -3.78. The molecule has 4 rings (SSSR count). The maximum Gasteiger partial charge on any atom is 0.257 e. The number of H-pyrrole nitrogens is 1. The number of hydrogen-bond donors (Lipinski definition) is 3. The number of hydrogen-bond acceptors (Lipinski definition) is 4. The molecular weight excluding hydrogens is 443 g/mol. The first-order chi connectivity index (χ1) is 15.9. The molecule has 0 spiro atoms. The standard InChI is InChI=1S/C24H22ClFN6O/c1-14-11-15(2)30-24(29-14)32-23(31-22(33)16-3-5-18(25)6-4-16)27-10-9-17-13-28-21-8-7-19(26)12-20(17)21/h3-8,11-13,28H,9-10H2,1-2H3,(H2,27,29,30,31,32,33). The number of aryl methyl sites for hydroxylation is 2. The summed E-state index contributed by atoms with van der Waals surface area (Å²) in [5.41, 5.74) is 3.79. The van der Waals surface area contributed by atoms with Crippen molar-refractivity contribution in [1.29, 1.82) is 0 Å². The van der Waals surface area contributed by atoms with Gasteiger partial charge in [-0.15, -0.1) is 0 Å². The van der Waals surface area contributed by atoms with Crippen molar-refractivity contribution >= 4 is 40.3 Å². The van der Waals surface area contributed by atoms with Gasteiger partial charge >= 0.3 is 0 Å². The Morgan fingerprint density at radius 3 is 2.55 bits per heavy atom. The van der Waals surface area contributed by atoms with Crippen LogP contribution in [0.2, 0.25) is 5.02 Å². The van der Waals surface area contributed by atoms with Crippen molar-refractivity contribution in [2.24, 2.45) is 4.99 Å². The lowest BCUT2D eigenvalue weighted by Gasteiger charge is -2.12. The number of amides is 1. The Balaban J connectivity index is 1.55. The topological polar surface area (TPSA) is 95.1 Å². The van der Waals surface area contributed by atoms with Crippen LogP contribution in [-0.4, -0.2) is 33.4 Å². The summed E-state index contributed by atoms with van der Waals surface area (Å²) in [6, 6.07) is 13.0. The van der Waals surface area contributed by atoms with Gasteiger partial charge < -0.3 is 4.98 Å². The molecule has 0 fully saturated rings. The molecule has 2 heterocycles. The zero-order valence-corrected chi connectivity index (χ0v) is 18.9. The smallest absolute Gasteiger partial charge is 0.257 e. The van der Waals surface area contributed by atoms with Crippen LogP contribution in [-0.2, 0) is 6.42 Å². The maximum absolute atomic E-state index is 13.7. The molecule has 0 aliphatic heterocycles.